The maximum Gasteiger partial charge on any atom is 0.183 e. The minimum Gasteiger partial charge on any atom is -0.381 e. The Kier molecular flexibility index (Phi) is 3.46. The Morgan fingerprint density at radius 1 is 1.37 bits per heavy atom. The predicted molar refractivity (Wildman–Crippen MR) is 80.5 cm³/mol. The summed E-state index contributed by atoms with van der Waals surface area (Å²) in [4.78, 5) is 4.42. The topological polar surface area (TPSA) is 53.6 Å². The molecule has 1 fully saturated rings. The summed E-state index contributed by atoms with van der Waals surface area (Å²) in [5.41, 5.74) is 2.19. The first-order valence-electron chi connectivity index (χ1n) is 6.59. The number of aromatic amines is 1. The Morgan fingerprint density at radius 2 is 2.21 bits per heavy atom. The molecular weight excluding hydrogens is 256 g/mol. The third kappa shape index (κ3) is 2.76. The number of benzene rings is 1. The highest BCUT2D eigenvalue weighted by molar-refractivity contribution is 8.00. The fourth-order valence-electron chi connectivity index (χ4n) is 2.40. The molecule has 0 amide bonds. The molecule has 1 aliphatic rings. The first kappa shape index (κ1) is 12.5. The van der Waals surface area contributed by atoms with Crippen molar-refractivity contribution in [1.29, 1.82) is 0 Å². The van der Waals surface area contributed by atoms with Gasteiger partial charge in [-0.2, -0.15) is 16.9 Å². The fourth-order valence-corrected chi connectivity index (χ4v) is 3.55. The Bertz CT molecular complexity index is 566. The van der Waals surface area contributed by atoms with E-state index >= 15 is 0 Å². The molecule has 1 aliphatic heterocycles. The van der Waals surface area contributed by atoms with E-state index in [2.05, 4.69) is 45.6 Å². The number of thioether (sulfide) groups is 1. The van der Waals surface area contributed by atoms with Gasteiger partial charge in [0.05, 0.1) is 0 Å². The second kappa shape index (κ2) is 5.25. The molecule has 5 heteroatoms. The van der Waals surface area contributed by atoms with E-state index in [1.54, 1.807) is 0 Å². The van der Waals surface area contributed by atoms with Gasteiger partial charge in [-0.25, -0.2) is 4.98 Å². The summed E-state index contributed by atoms with van der Waals surface area (Å²) in [6.07, 6.45) is 1.21. The average Bonchev–Trinajstić information content (AvgIpc) is 2.99. The molecule has 1 aromatic heterocycles. The molecule has 4 nitrogen and oxygen atoms in total. The molecule has 100 valence electrons. The number of nitrogens with zero attached hydrogens (tertiary/aromatic N) is 2. The highest BCUT2D eigenvalue weighted by Crippen LogP contribution is 2.31. The summed E-state index contributed by atoms with van der Waals surface area (Å²) >= 11 is 2.03. The van der Waals surface area contributed by atoms with Gasteiger partial charge in [0.15, 0.2) is 5.82 Å². The average molecular weight is 274 g/mol. The van der Waals surface area contributed by atoms with Gasteiger partial charge < -0.3 is 5.32 Å². The van der Waals surface area contributed by atoms with E-state index in [-0.39, 0.29) is 0 Å². The number of nitrogens with one attached hydrogen (secondary N) is 2. The number of aromatic nitrogens is 3. The van der Waals surface area contributed by atoms with Gasteiger partial charge in [0.2, 0.25) is 0 Å². The van der Waals surface area contributed by atoms with Crippen LogP contribution >= 0.6 is 11.8 Å². The fraction of sp³-hybridized carbons (Fsp3) is 0.429. The summed E-state index contributed by atoms with van der Waals surface area (Å²) in [5.74, 6) is 2.77. The van der Waals surface area contributed by atoms with Crippen LogP contribution in [0, 0.1) is 6.92 Å². The van der Waals surface area contributed by atoms with Gasteiger partial charge in [0.1, 0.15) is 5.82 Å². The van der Waals surface area contributed by atoms with Crippen molar-refractivity contribution in [2.75, 3.05) is 11.1 Å². The van der Waals surface area contributed by atoms with Crippen molar-refractivity contribution in [1.82, 2.24) is 15.2 Å². The van der Waals surface area contributed by atoms with Gasteiger partial charge in [0.25, 0.3) is 0 Å². The molecule has 1 saturated heterocycles. The zero-order chi connectivity index (χ0) is 13.2. The second-order valence-corrected chi connectivity index (χ2v) is 6.48. The number of hydrogen-bond donors (Lipinski definition) is 2. The van der Waals surface area contributed by atoms with Crippen molar-refractivity contribution in [3.8, 4) is 11.4 Å². The molecule has 19 heavy (non-hydrogen) atoms. The highest BCUT2D eigenvalue weighted by atomic mass is 32.2. The van der Waals surface area contributed by atoms with Crippen LogP contribution in [-0.2, 0) is 0 Å². The summed E-state index contributed by atoms with van der Waals surface area (Å²) in [6.45, 7) is 4.21. The van der Waals surface area contributed by atoms with Crippen LogP contribution in [-0.4, -0.2) is 32.2 Å². The maximum absolute atomic E-state index is 4.42. The molecule has 2 heterocycles. The lowest BCUT2D eigenvalue weighted by molar-refractivity contribution is 0.747. The molecule has 0 bridgehead atoms. The quantitative estimate of drug-likeness (QED) is 0.903. The highest BCUT2D eigenvalue weighted by Gasteiger charge is 2.22. The van der Waals surface area contributed by atoms with E-state index in [1.807, 2.05) is 24.8 Å². The van der Waals surface area contributed by atoms with Crippen LogP contribution in [0.3, 0.4) is 0 Å². The number of rotatable bonds is 3. The molecule has 2 aromatic rings. The second-order valence-electron chi connectivity index (χ2n) is 5.01. The van der Waals surface area contributed by atoms with E-state index < -0.39 is 0 Å². The van der Waals surface area contributed by atoms with Crippen LogP contribution in [0.2, 0.25) is 0 Å². The third-order valence-electron chi connectivity index (χ3n) is 3.32. The first-order chi connectivity index (χ1) is 9.22. The summed E-state index contributed by atoms with van der Waals surface area (Å²) in [5, 5.41) is 11.5. The van der Waals surface area contributed by atoms with Crippen molar-refractivity contribution in [3.05, 3.63) is 30.1 Å². The smallest absolute Gasteiger partial charge is 0.183 e. The number of hydrogen-bond acceptors (Lipinski definition) is 4. The lowest BCUT2D eigenvalue weighted by atomic mass is 10.1. The summed E-state index contributed by atoms with van der Waals surface area (Å²) < 4.78 is 0. The Hall–Kier alpha value is -1.49. The normalized spacial score (nSPS) is 22.6. The Labute approximate surface area is 117 Å². The van der Waals surface area contributed by atoms with Gasteiger partial charge in [0, 0.05) is 28.3 Å². The molecule has 0 saturated carbocycles. The molecule has 0 aliphatic carbocycles. The summed E-state index contributed by atoms with van der Waals surface area (Å²) in [6, 6.07) is 8.79. The van der Waals surface area contributed by atoms with Crippen molar-refractivity contribution in [2.45, 2.75) is 31.6 Å². The molecule has 0 spiro atoms. The molecule has 1 aromatic carbocycles. The van der Waals surface area contributed by atoms with E-state index in [0.717, 1.165) is 28.1 Å². The number of aryl methyl sites for hydroxylation is 1. The lowest BCUT2D eigenvalue weighted by Crippen LogP contribution is -2.19. The van der Waals surface area contributed by atoms with E-state index in [0.29, 0.717) is 6.04 Å². The largest absolute Gasteiger partial charge is 0.381 e. The van der Waals surface area contributed by atoms with Crippen LogP contribution in [0.4, 0.5) is 5.69 Å². The molecule has 2 unspecified atom stereocenters. The molecular formula is C14H18N4S. The molecule has 0 radical (unpaired) electrons. The van der Waals surface area contributed by atoms with Crippen LogP contribution in [0.5, 0.6) is 0 Å². The third-order valence-corrected chi connectivity index (χ3v) is 4.68. The Morgan fingerprint density at radius 3 is 2.89 bits per heavy atom. The van der Waals surface area contributed by atoms with E-state index in [4.69, 9.17) is 0 Å². The number of para-hydroxylation sites is 1. The van der Waals surface area contributed by atoms with Gasteiger partial charge >= 0.3 is 0 Å². The van der Waals surface area contributed by atoms with Crippen molar-refractivity contribution < 1.29 is 0 Å². The van der Waals surface area contributed by atoms with E-state index in [1.165, 1.54) is 12.2 Å². The monoisotopic (exact) mass is 274 g/mol. The summed E-state index contributed by atoms with van der Waals surface area (Å²) in [7, 11) is 0. The zero-order valence-corrected chi connectivity index (χ0v) is 12.0. The molecule has 3 rings (SSSR count). The minimum atomic E-state index is 0.543. The van der Waals surface area contributed by atoms with Gasteiger partial charge in [-0.05, 0) is 25.5 Å². The Balaban J connectivity index is 1.85. The van der Waals surface area contributed by atoms with Crippen molar-refractivity contribution in [3.63, 3.8) is 0 Å². The zero-order valence-electron chi connectivity index (χ0n) is 11.2. The predicted octanol–water partition coefficient (Wildman–Crippen LogP) is 3.09. The van der Waals surface area contributed by atoms with E-state index in [9.17, 15) is 0 Å². The van der Waals surface area contributed by atoms with Gasteiger partial charge in [-0.1, -0.05) is 19.1 Å². The minimum absolute atomic E-state index is 0.543. The number of H-pyrrole nitrogens is 1. The SMILES string of the molecule is Cc1nc(-c2ccccc2NC2CSC(C)C2)n[nH]1. The molecule has 2 N–H and O–H groups in total. The van der Waals surface area contributed by atoms with Crippen LogP contribution in [0.25, 0.3) is 11.4 Å². The van der Waals surface area contributed by atoms with Crippen LogP contribution in [0.1, 0.15) is 19.2 Å². The van der Waals surface area contributed by atoms with Crippen molar-refractivity contribution in [2.24, 2.45) is 0 Å². The molecule has 2 atom stereocenters. The maximum atomic E-state index is 4.42. The van der Waals surface area contributed by atoms with Gasteiger partial charge in [-0.3, -0.25) is 5.10 Å². The first-order valence-corrected chi connectivity index (χ1v) is 7.64. The number of anilines is 1. The van der Waals surface area contributed by atoms with Crippen LogP contribution < -0.4 is 5.32 Å². The lowest BCUT2D eigenvalue weighted by Gasteiger charge is -2.15. The standard InChI is InChI=1S/C14H18N4S/c1-9-7-11(8-19-9)16-13-6-4-3-5-12(13)14-15-10(2)17-18-14/h3-6,9,11,16H,7-8H2,1-2H3,(H,15,17,18). The van der Waals surface area contributed by atoms with Crippen molar-refractivity contribution >= 4 is 17.4 Å². The van der Waals surface area contributed by atoms with Gasteiger partial charge in [-0.15, -0.1) is 0 Å². The van der Waals surface area contributed by atoms with Crippen LogP contribution in [0.15, 0.2) is 24.3 Å².